The van der Waals surface area contributed by atoms with Crippen molar-refractivity contribution in [2.45, 2.75) is 13.0 Å². The van der Waals surface area contributed by atoms with Gasteiger partial charge in [-0.2, -0.15) is 0 Å². The molecule has 0 aliphatic rings. The van der Waals surface area contributed by atoms with Crippen molar-refractivity contribution >= 4 is 17.3 Å². The van der Waals surface area contributed by atoms with E-state index in [1.807, 2.05) is 11.9 Å². The van der Waals surface area contributed by atoms with Gasteiger partial charge in [-0.1, -0.05) is 0 Å². The Hall–Kier alpha value is -1.49. The summed E-state index contributed by atoms with van der Waals surface area (Å²) in [6, 6.07) is 3.48. The minimum atomic E-state index is -0.402. The van der Waals surface area contributed by atoms with Gasteiger partial charge in [-0.15, -0.1) is 0 Å². The molecule has 0 radical (unpaired) electrons. The molecule has 0 aliphatic carbocycles. The number of nitrogens with two attached hydrogens (primary N) is 2. The summed E-state index contributed by atoms with van der Waals surface area (Å²) in [5.41, 5.74) is 11.6. The fourth-order valence-electron chi connectivity index (χ4n) is 1.18. The average molecular weight is 196 g/mol. The topological polar surface area (TPSA) is 88.4 Å². The first-order chi connectivity index (χ1) is 6.50. The maximum atomic E-state index is 9.18. The van der Waals surface area contributed by atoms with Crippen LogP contribution in [-0.4, -0.2) is 29.8 Å². The molecule has 0 amide bonds. The van der Waals surface area contributed by atoms with E-state index in [-0.39, 0.29) is 0 Å². The van der Waals surface area contributed by atoms with Gasteiger partial charge < -0.3 is 21.5 Å². The van der Waals surface area contributed by atoms with E-state index in [1.165, 1.54) is 0 Å². The van der Waals surface area contributed by atoms with E-state index in [0.29, 0.717) is 23.9 Å². The molecule has 5 N–H and O–H groups in total. The van der Waals surface area contributed by atoms with E-state index in [2.05, 4.69) is 4.98 Å². The number of aliphatic hydroxyl groups is 1. The summed E-state index contributed by atoms with van der Waals surface area (Å²) < 4.78 is 0. The third kappa shape index (κ3) is 2.50. The normalized spacial score (nSPS) is 12.5. The summed E-state index contributed by atoms with van der Waals surface area (Å²) in [5, 5.41) is 9.18. The number of aliphatic hydroxyl groups excluding tert-OH is 1. The van der Waals surface area contributed by atoms with Crippen LogP contribution in [0.1, 0.15) is 6.92 Å². The third-order valence-corrected chi connectivity index (χ3v) is 1.87. The van der Waals surface area contributed by atoms with Gasteiger partial charge in [0.1, 0.15) is 11.6 Å². The molecule has 1 atom stereocenters. The molecule has 0 spiro atoms. The second kappa shape index (κ2) is 4.15. The molecular formula is C9H16N4O. The number of likely N-dealkylation sites (N-methyl/N-ethyl adjacent to an activating group) is 1. The SMILES string of the molecule is CC(O)CN(C)c1ccc(N)c(N)n1. The fraction of sp³-hybridized carbons (Fsp3) is 0.444. The lowest BCUT2D eigenvalue weighted by Gasteiger charge is -2.20. The van der Waals surface area contributed by atoms with Crippen molar-refractivity contribution < 1.29 is 5.11 Å². The highest BCUT2D eigenvalue weighted by molar-refractivity contribution is 5.62. The van der Waals surface area contributed by atoms with Crippen LogP contribution in [-0.2, 0) is 0 Å². The summed E-state index contributed by atoms with van der Waals surface area (Å²) in [6.07, 6.45) is -0.402. The monoisotopic (exact) mass is 196 g/mol. The first-order valence-electron chi connectivity index (χ1n) is 4.42. The number of anilines is 3. The van der Waals surface area contributed by atoms with Gasteiger partial charge in [0.15, 0.2) is 0 Å². The van der Waals surface area contributed by atoms with E-state index in [1.54, 1.807) is 19.1 Å². The zero-order chi connectivity index (χ0) is 10.7. The molecule has 1 aromatic heterocycles. The zero-order valence-electron chi connectivity index (χ0n) is 8.44. The molecular weight excluding hydrogens is 180 g/mol. The van der Waals surface area contributed by atoms with Gasteiger partial charge in [0.25, 0.3) is 0 Å². The Morgan fingerprint density at radius 2 is 2.14 bits per heavy atom. The summed E-state index contributed by atoms with van der Waals surface area (Å²) in [7, 11) is 1.84. The minimum absolute atomic E-state index is 0.319. The second-order valence-electron chi connectivity index (χ2n) is 3.37. The van der Waals surface area contributed by atoms with E-state index in [4.69, 9.17) is 11.5 Å². The Morgan fingerprint density at radius 3 is 2.64 bits per heavy atom. The van der Waals surface area contributed by atoms with Gasteiger partial charge in [0, 0.05) is 13.6 Å². The number of pyridine rings is 1. The number of rotatable bonds is 3. The Kier molecular flexibility index (Phi) is 3.14. The van der Waals surface area contributed by atoms with Crippen LogP contribution < -0.4 is 16.4 Å². The molecule has 0 saturated heterocycles. The lowest BCUT2D eigenvalue weighted by molar-refractivity contribution is 0.201. The Balaban J connectivity index is 2.80. The highest BCUT2D eigenvalue weighted by Crippen LogP contribution is 2.17. The molecule has 1 unspecified atom stereocenters. The molecule has 0 bridgehead atoms. The standard InChI is InChI=1S/C9H16N4O/c1-6(14)5-13(2)8-4-3-7(10)9(11)12-8/h3-4,6,14H,5,10H2,1-2H3,(H2,11,12). The van der Waals surface area contributed by atoms with Crippen molar-refractivity contribution in [3.05, 3.63) is 12.1 Å². The van der Waals surface area contributed by atoms with E-state index < -0.39 is 6.10 Å². The third-order valence-electron chi connectivity index (χ3n) is 1.87. The first kappa shape index (κ1) is 10.6. The predicted octanol–water partition coefficient (Wildman–Crippen LogP) is 0.0630. The van der Waals surface area contributed by atoms with Crippen LogP contribution >= 0.6 is 0 Å². The lowest BCUT2D eigenvalue weighted by Crippen LogP contribution is -2.27. The van der Waals surface area contributed by atoms with Gasteiger partial charge in [0.2, 0.25) is 0 Å². The molecule has 14 heavy (non-hydrogen) atoms. The van der Waals surface area contributed by atoms with E-state index in [9.17, 15) is 5.11 Å². The van der Waals surface area contributed by atoms with Crippen molar-refractivity contribution in [2.24, 2.45) is 0 Å². The van der Waals surface area contributed by atoms with Crippen molar-refractivity contribution in [2.75, 3.05) is 30.0 Å². The predicted molar refractivity (Wildman–Crippen MR) is 58.0 cm³/mol. The average Bonchev–Trinajstić information content (AvgIpc) is 2.08. The van der Waals surface area contributed by atoms with Crippen LogP contribution in [0.3, 0.4) is 0 Å². The van der Waals surface area contributed by atoms with Crippen molar-refractivity contribution in [3.63, 3.8) is 0 Å². The minimum Gasteiger partial charge on any atom is -0.396 e. The molecule has 5 heteroatoms. The lowest BCUT2D eigenvalue weighted by atomic mass is 10.3. The van der Waals surface area contributed by atoms with Crippen molar-refractivity contribution in [3.8, 4) is 0 Å². The zero-order valence-corrected chi connectivity index (χ0v) is 8.44. The maximum absolute atomic E-state index is 9.18. The molecule has 5 nitrogen and oxygen atoms in total. The largest absolute Gasteiger partial charge is 0.396 e. The Bertz CT molecular complexity index is 314. The molecule has 1 rings (SSSR count). The molecule has 1 aromatic rings. The van der Waals surface area contributed by atoms with Gasteiger partial charge >= 0.3 is 0 Å². The Morgan fingerprint density at radius 1 is 1.50 bits per heavy atom. The van der Waals surface area contributed by atoms with Crippen molar-refractivity contribution in [1.82, 2.24) is 4.98 Å². The van der Waals surface area contributed by atoms with Gasteiger partial charge in [0.05, 0.1) is 11.8 Å². The summed E-state index contributed by atoms with van der Waals surface area (Å²) in [6.45, 7) is 2.23. The van der Waals surface area contributed by atoms with Crippen LogP contribution in [0.25, 0.3) is 0 Å². The highest BCUT2D eigenvalue weighted by atomic mass is 16.3. The summed E-state index contributed by atoms with van der Waals surface area (Å²) in [4.78, 5) is 5.91. The summed E-state index contributed by atoms with van der Waals surface area (Å²) in [5.74, 6) is 1.03. The number of nitrogens with zero attached hydrogens (tertiary/aromatic N) is 2. The maximum Gasteiger partial charge on any atom is 0.149 e. The van der Waals surface area contributed by atoms with Gasteiger partial charge in [-0.05, 0) is 19.1 Å². The molecule has 0 aromatic carbocycles. The number of hydrogen-bond donors (Lipinski definition) is 3. The van der Waals surface area contributed by atoms with Crippen LogP contribution in [0.2, 0.25) is 0 Å². The highest BCUT2D eigenvalue weighted by Gasteiger charge is 2.06. The molecule has 0 saturated carbocycles. The molecule has 1 heterocycles. The number of nitrogen functional groups attached to an aromatic ring is 2. The van der Waals surface area contributed by atoms with Crippen LogP contribution in [0.15, 0.2) is 12.1 Å². The number of hydrogen-bond acceptors (Lipinski definition) is 5. The Labute approximate surface area is 83.3 Å². The van der Waals surface area contributed by atoms with Gasteiger partial charge in [-0.3, -0.25) is 0 Å². The molecule has 78 valence electrons. The second-order valence-corrected chi connectivity index (χ2v) is 3.37. The quantitative estimate of drug-likeness (QED) is 0.636. The van der Waals surface area contributed by atoms with Crippen LogP contribution in [0.5, 0.6) is 0 Å². The van der Waals surface area contributed by atoms with E-state index in [0.717, 1.165) is 0 Å². The van der Waals surface area contributed by atoms with Crippen molar-refractivity contribution in [1.29, 1.82) is 0 Å². The van der Waals surface area contributed by atoms with Gasteiger partial charge in [-0.25, -0.2) is 4.98 Å². The smallest absolute Gasteiger partial charge is 0.149 e. The van der Waals surface area contributed by atoms with Crippen LogP contribution in [0, 0.1) is 0 Å². The first-order valence-corrected chi connectivity index (χ1v) is 4.42. The summed E-state index contributed by atoms with van der Waals surface area (Å²) >= 11 is 0. The fourth-order valence-corrected chi connectivity index (χ4v) is 1.18. The molecule has 0 aliphatic heterocycles. The molecule has 0 fully saturated rings. The van der Waals surface area contributed by atoms with Crippen LogP contribution in [0.4, 0.5) is 17.3 Å². The van der Waals surface area contributed by atoms with E-state index >= 15 is 0 Å². The number of aromatic nitrogens is 1.